The minimum atomic E-state index is 0.759. The first-order valence-corrected chi connectivity index (χ1v) is 14.6. The standard InChI is InChI=1S/C37H32N4O2/c1-39-19-20-41(27-39)32-24-31(40-17-5-6-18-40)25-36(26-32)43-35-14-8-10-30(22-35)37-23-29(15-16-38-37)28-9-7-13-34(21-28)42-33-11-3-2-4-12-33/h2-4,7-16,19-26H,5-6,17-18H2,1H3/q+2. The molecule has 0 saturated carbocycles. The highest BCUT2D eigenvalue weighted by molar-refractivity contribution is 5.72. The lowest BCUT2D eigenvalue weighted by Crippen LogP contribution is -2.17. The highest BCUT2D eigenvalue weighted by Gasteiger charge is 2.22. The SMILES string of the molecule is C[N+]1=C=[N+](c2cc(Oc3cccc(-c4cc(-c5cccc(Oc6ccccc6)c5)ccn4)c3)cc(N3CCCC3)c2)C=C1. The van der Waals surface area contributed by atoms with Crippen LogP contribution >= 0.6 is 0 Å². The molecule has 3 heterocycles. The average Bonchev–Trinajstić information content (AvgIpc) is 3.75. The van der Waals surface area contributed by atoms with Gasteiger partial charge in [-0.25, -0.2) is 0 Å². The Morgan fingerprint density at radius 3 is 2.12 bits per heavy atom. The molecule has 6 heteroatoms. The zero-order chi connectivity index (χ0) is 29.0. The van der Waals surface area contributed by atoms with Gasteiger partial charge in [0.1, 0.15) is 23.0 Å². The smallest absolute Gasteiger partial charge is 0.457 e. The lowest BCUT2D eigenvalue weighted by atomic mass is 10.0. The Hall–Kier alpha value is -5.45. The van der Waals surface area contributed by atoms with Crippen LogP contribution in [-0.4, -0.2) is 40.3 Å². The first-order chi connectivity index (χ1) is 21.2. The molecule has 210 valence electrons. The Morgan fingerprint density at radius 1 is 0.651 bits per heavy atom. The first-order valence-electron chi connectivity index (χ1n) is 14.6. The maximum atomic E-state index is 6.49. The topological polar surface area (TPSA) is 40.6 Å². The second-order valence-corrected chi connectivity index (χ2v) is 10.8. The molecule has 0 unspecified atom stereocenters. The number of pyridine rings is 1. The second-order valence-electron chi connectivity index (χ2n) is 10.8. The molecule has 0 amide bonds. The number of hydrogen-bond acceptors (Lipinski definition) is 4. The molecule has 0 bridgehead atoms. The monoisotopic (exact) mass is 564 g/mol. The van der Waals surface area contributed by atoms with E-state index in [1.807, 2.05) is 102 Å². The Labute approximate surface area is 251 Å². The molecule has 1 aromatic heterocycles. The van der Waals surface area contributed by atoms with Gasteiger partial charge in [-0.3, -0.25) is 4.98 Å². The Morgan fingerprint density at radius 2 is 1.35 bits per heavy atom. The average molecular weight is 565 g/mol. The van der Waals surface area contributed by atoms with Crippen LogP contribution in [0, 0.1) is 0 Å². The lowest BCUT2D eigenvalue weighted by Gasteiger charge is -2.18. The van der Waals surface area contributed by atoms with E-state index in [-0.39, 0.29) is 0 Å². The summed E-state index contributed by atoms with van der Waals surface area (Å²) in [4.78, 5) is 7.11. The normalized spacial score (nSPS) is 14.0. The first kappa shape index (κ1) is 26.4. The van der Waals surface area contributed by atoms with Crippen molar-refractivity contribution in [2.75, 3.05) is 25.0 Å². The molecule has 0 aliphatic carbocycles. The predicted molar refractivity (Wildman–Crippen MR) is 170 cm³/mol. The van der Waals surface area contributed by atoms with Gasteiger partial charge in [-0.2, -0.15) is 0 Å². The van der Waals surface area contributed by atoms with Crippen molar-refractivity contribution in [1.29, 1.82) is 0 Å². The van der Waals surface area contributed by atoms with E-state index in [1.54, 1.807) is 0 Å². The second kappa shape index (κ2) is 11.8. The van der Waals surface area contributed by atoms with Crippen molar-refractivity contribution in [1.82, 2.24) is 4.98 Å². The van der Waals surface area contributed by atoms with E-state index in [1.165, 1.54) is 18.5 Å². The summed E-state index contributed by atoms with van der Waals surface area (Å²) in [5, 5.41) is 0. The molecule has 2 aliphatic heterocycles. The highest BCUT2D eigenvalue weighted by Crippen LogP contribution is 2.35. The number of nitrogens with zero attached hydrogens (tertiary/aromatic N) is 4. The van der Waals surface area contributed by atoms with Gasteiger partial charge in [0.25, 0.3) is 6.20 Å². The van der Waals surface area contributed by atoms with Crippen LogP contribution in [0.5, 0.6) is 23.0 Å². The van der Waals surface area contributed by atoms with Gasteiger partial charge in [-0.1, -0.05) is 51.6 Å². The van der Waals surface area contributed by atoms with E-state index >= 15 is 0 Å². The van der Waals surface area contributed by atoms with E-state index in [0.29, 0.717) is 0 Å². The van der Waals surface area contributed by atoms with Crippen LogP contribution in [0.2, 0.25) is 0 Å². The van der Waals surface area contributed by atoms with Crippen LogP contribution in [0.4, 0.5) is 11.4 Å². The largest absolute Gasteiger partial charge is 0.495 e. The quantitative estimate of drug-likeness (QED) is 0.177. The predicted octanol–water partition coefficient (Wildman–Crippen LogP) is 8.55. The molecule has 0 spiro atoms. The molecule has 1 fully saturated rings. The molecular weight excluding hydrogens is 532 g/mol. The lowest BCUT2D eigenvalue weighted by molar-refractivity contribution is -0.429. The van der Waals surface area contributed by atoms with E-state index in [2.05, 4.69) is 53.4 Å². The summed E-state index contributed by atoms with van der Waals surface area (Å²) in [6.45, 7) is 2.12. The Balaban J connectivity index is 1.16. The summed E-state index contributed by atoms with van der Waals surface area (Å²) in [6, 6.07) is 39.9. The highest BCUT2D eigenvalue weighted by atomic mass is 16.5. The minimum absolute atomic E-state index is 0.759. The molecular formula is C37H32N4O2+2. The van der Waals surface area contributed by atoms with Crippen LogP contribution in [0.3, 0.4) is 0 Å². The van der Waals surface area contributed by atoms with E-state index < -0.39 is 0 Å². The van der Waals surface area contributed by atoms with E-state index in [4.69, 9.17) is 14.5 Å². The fraction of sp³-hybridized carbons (Fsp3) is 0.135. The van der Waals surface area contributed by atoms with Crippen molar-refractivity contribution < 1.29 is 18.6 Å². The number of anilines is 1. The molecule has 0 N–H and O–H groups in total. The summed E-state index contributed by atoms with van der Waals surface area (Å²) >= 11 is 0. The van der Waals surface area contributed by atoms with Crippen LogP contribution in [-0.2, 0) is 0 Å². The summed E-state index contributed by atoms with van der Waals surface area (Å²) in [5.74, 6) is 3.15. The van der Waals surface area contributed by atoms with Crippen LogP contribution in [0.1, 0.15) is 12.8 Å². The zero-order valence-electron chi connectivity index (χ0n) is 24.1. The minimum Gasteiger partial charge on any atom is -0.457 e. The van der Waals surface area contributed by atoms with Gasteiger partial charge < -0.3 is 14.4 Å². The van der Waals surface area contributed by atoms with Gasteiger partial charge >= 0.3 is 6.01 Å². The van der Waals surface area contributed by atoms with Gasteiger partial charge in [-0.15, -0.1) is 0 Å². The Bertz CT molecular complexity index is 1880. The molecule has 43 heavy (non-hydrogen) atoms. The maximum absolute atomic E-state index is 6.49. The maximum Gasteiger partial charge on any atom is 0.495 e. The zero-order valence-corrected chi connectivity index (χ0v) is 24.1. The van der Waals surface area contributed by atoms with Crippen molar-refractivity contribution in [3.8, 4) is 45.4 Å². The van der Waals surface area contributed by atoms with Crippen molar-refractivity contribution >= 4 is 17.4 Å². The van der Waals surface area contributed by atoms with Gasteiger partial charge in [0.2, 0.25) is 11.9 Å². The van der Waals surface area contributed by atoms with Crippen molar-refractivity contribution in [2.24, 2.45) is 0 Å². The van der Waals surface area contributed by atoms with Gasteiger partial charge in [0.05, 0.1) is 11.8 Å². The number of benzene rings is 4. The van der Waals surface area contributed by atoms with Crippen LogP contribution < -0.4 is 14.4 Å². The number of hydrogen-bond donors (Lipinski definition) is 0. The third-order valence-corrected chi connectivity index (χ3v) is 7.60. The summed E-state index contributed by atoms with van der Waals surface area (Å²) < 4.78 is 16.5. The van der Waals surface area contributed by atoms with Gasteiger partial charge in [0, 0.05) is 42.7 Å². The molecule has 6 nitrogen and oxygen atoms in total. The van der Waals surface area contributed by atoms with Crippen LogP contribution in [0.15, 0.2) is 128 Å². The van der Waals surface area contributed by atoms with E-state index in [0.717, 1.165) is 64.2 Å². The molecule has 0 radical (unpaired) electrons. The summed E-state index contributed by atoms with van der Waals surface area (Å²) in [6.07, 6.45) is 8.27. The van der Waals surface area contributed by atoms with Crippen molar-refractivity contribution in [2.45, 2.75) is 12.8 Å². The fourth-order valence-electron chi connectivity index (χ4n) is 5.46. The van der Waals surface area contributed by atoms with Gasteiger partial charge in [-0.05, 0) is 72.5 Å². The fourth-order valence-corrected chi connectivity index (χ4v) is 5.46. The summed E-state index contributed by atoms with van der Waals surface area (Å²) in [5.41, 5.74) is 6.17. The molecule has 2 aliphatic rings. The molecule has 0 atom stereocenters. The third-order valence-electron chi connectivity index (χ3n) is 7.60. The van der Waals surface area contributed by atoms with Crippen molar-refractivity contribution in [3.05, 3.63) is 128 Å². The van der Waals surface area contributed by atoms with Crippen molar-refractivity contribution in [3.63, 3.8) is 0 Å². The molecule has 5 aromatic rings. The third kappa shape index (κ3) is 6.10. The number of para-hydroxylation sites is 1. The molecule has 1 saturated heterocycles. The molecule has 4 aromatic carbocycles. The number of aromatic nitrogens is 1. The van der Waals surface area contributed by atoms with Crippen LogP contribution in [0.25, 0.3) is 22.4 Å². The van der Waals surface area contributed by atoms with E-state index in [9.17, 15) is 0 Å². The summed E-state index contributed by atoms with van der Waals surface area (Å²) in [7, 11) is 1.97. The Kier molecular flexibility index (Phi) is 7.26. The molecule has 7 rings (SSSR count). The number of rotatable bonds is 8. The van der Waals surface area contributed by atoms with Gasteiger partial charge in [0.15, 0.2) is 7.05 Å². The number of ether oxygens (including phenoxy) is 2.